The molecule has 3 rings (SSSR count). The first-order valence-corrected chi connectivity index (χ1v) is 10.5. The largest absolute Gasteiger partial charge is 0.467 e. The van der Waals surface area contributed by atoms with Gasteiger partial charge < -0.3 is 14.6 Å². The SMILES string of the molecule is Cc1ccc(CN(Cc2ccco2)C(=O)CCCNC(=O)c2cccs2)s1. The molecule has 3 heterocycles. The van der Waals surface area contributed by atoms with Gasteiger partial charge in [-0.25, -0.2) is 0 Å². The van der Waals surface area contributed by atoms with E-state index in [9.17, 15) is 9.59 Å². The zero-order valence-corrected chi connectivity index (χ0v) is 16.8. The maximum absolute atomic E-state index is 12.7. The van der Waals surface area contributed by atoms with Crippen LogP contribution in [0, 0.1) is 6.92 Å². The molecule has 0 unspecified atom stereocenters. The van der Waals surface area contributed by atoms with Crippen molar-refractivity contribution in [3.05, 3.63) is 68.4 Å². The molecule has 0 spiro atoms. The van der Waals surface area contributed by atoms with Crippen LogP contribution < -0.4 is 5.32 Å². The molecule has 0 aliphatic rings. The van der Waals surface area contributed by atoms with E-state index >= 15 is 0 Å². The molecule has 0 aliphatic heterocycles. The van der Waals surface area contributed by atoms with E-state index in [-0.39, 0.29) is 11.8 Å². The van der Waals surface area contributed by atoms with E-state index in [2.05, 4.69) is 24.4 Å². The van der Waals surface area contributed by atoms with E-state index in [0.29, 0.717) is 37.4 Å². The van der Waals surface area contributed by atoms with Crippen molar-refractivity contribution >= 4 is 34.5 Å². The number of hydrogen-bond donors (Lipinski definition) is 1. The third-order valence-corrected chi connectivity index (χ3v) is 5.87. The van der Waals surface area contributed by atoms with Crippen LogP contribution in [-0.2, 0) is 17.9 Å². The highest BCUT2D eigenvalue weighted by atomic mass is 32.1. The maximum atomic E-state index is 12.7. The second-order valence-corrected chi connectivity index (χ2v) is 8.50. The standard InChI is InChI=1S/C20H22N2O3S2/c1-15-8-9-17(27-15)14-22(13-16-5-3-11-25-16)19(23)7-2-10-21-20(24)18-6-4-12-26-18/h3-6,8-9,11-12H,2,7,10,13-14H2,1H3,(H,21,24). The Balaban J connectivity index is 1.51. The summed E-state index contributed by atoms with van der Waals surface area (Å²) in [6, 6.07) is 11.5. The molecule has 0 radical (unpaired) electrons. The van der Waals surface area contributed by atoms with Crippen molar-refractivity contribution in [2.75, 3.05) is 6.54 Å². The molecular formula is C20H22N2O3S2. The number of nitrogens with one attached hydrogen (secondary N) is 1. The lowest BCUT2D eigenvalue weighted by Gasteiger charge is -2.21. The first kappa shape index (κ1) is 19.4. The summed E-state index contributed by atoms with van der Waals surface area (Å²) in [4.78, 5) is 29.5. The number of thiophene rings is 2. The van der Waals surface area contributed by atoms with Crippen molar-refractivity contribution in [1.82, 2.24) is 10.2 Å². The Morgan fingerprint density at radius 2 is 2.04 bits per heavy atom. The highest BCUT2D eigenvalue weighted by Gasteiger charge is 2.17. The Labute approximate surface area is 166 Å². The summed E-state index contributed by atoms with van der Waals surface area (Å²) in [5, 5.41) is 4.73. The zero-order chi connectivity index (χ0) is 19.1. The average Bonchev–Trinajstić information content (AvgIpc) is 3.41. The number of rotatable bonds is 9. The smallest absolute Gasteiger partial charge is 0.261 e. The molecule has 3 aromatic rings. The average molecular weight is 403 g/mol. The first-order valence-electron chi connectivity index (χ1n) is 8.79. The van der Waals surface area contributed by atoms with E-state index in [4.69, 9.17) is 4.42 Å². The Morgan fingerprint density at radius 3 is 2.70 bits per heavy atom. The van der Waals surface area contributed by atoms with Crippen molar-refractivity contribution in [3.63, 3.8) is 0 Å². The molecule has 0 saturated carbocycles. The van der Waals surface area contributed by atoms with Gasteiger partial charge in [0.05, 0.1) is 24.2 Å². The van der Waals surface area contributed by atoms with E-state index < -0.39 is 0 Å². The summed E-state index contributed by atoms with van der Waals surface area (Å²) in [5.41, 5.74) is 0. The van der Waals surface area contributed by atoms with Crippen LogP contribution in [0.25, 0.3) is 0 Å². The van der Waals surface area contributed by atoms with Crippen molar-refractivity contribution in [2.45, 2.75) is 32.9 Å². The third kappa shape index (κ3) is 5.80. The molecule has 0 aliphatic carbocycles. The summed E-state index contributed by atoms with van der Waals surface area (Å²) >= 11 is 3.11. The van der Waals surface area contributed by atoms with Crippen LogP contribution >= 0.6 is 22.7 Å². The fourth-order valence-corrected chi connectivity index (χ4v) is 4.22. The number of nitrogens with zero attached hydrogens (tertiary/aromatic N) is 1. The molecular weight excluding hydrogens is 380 g/mol. The molecule has 0 fully saturated rings. The van der Waals surface area contributed by atoms with Gasteiger partial charge in [-0.15, -0.1) is 22.7 Å². The molecule has 0 saturated heterocycles. The molecule has 1 N–H and O–H groups in total. The van der Waals surface area contributed by atoms with Crippen molar-refractivity contribution in [1.29, 1.82) is 0 Å². The third-order valence-electron chi connectivity index (χ3n) is 4.02. The number of hydrogen-bond acceptors (Lipinski definition) is 5. The maximum Gasteiger partial charge on any atom is 0.261 e. The predicted molar refractivity (Wildman–Crippen MR) is 108 cm³/mol. The molecule has 0 bridgehead atoms. The topological polar surface area (TPSA) is 62.6 Å². The summed E-state index contributed by atoms with van der Waals surface area (Å²) in [6.07, 6.45) is 2.61. The molecule has 2 amide bonds. The fourth-order valence-electron chi connectivity index (χ4n) is 2.68. The van der Waals surface area contributed by atoms with Gasteiger partial charge in [0.2, 0.25) is 5.91 Å². The Morgan fingerprint density at radius 1 is 1.15 bits per heavy atom. The lowest BCUT2D eigenvalue weighted by molar-refractivity contribution is -0.132. The van der Waals surface area contributed by atoms with E-state index in [1.807, 2.05) is 28.5 Å². The lowest BCUT2D eigenvalue weighted by Crippen LogP contribution is -2.31. The van der Waals surface area contributed by atoms with Gasteiger partial charge in [-0.3, -0.25) is 9.59 Å². The van der Waals surface area contributed by atoms with Crippen LogP contribution in [0.5, 0.6) is 0 Å². The highest BCUT2D eigenvalue weighted by molar-refractivity contribution is 7.12. The number of amides is 2. The number of furan rings is 1. The first-order chi connectivity index (χ1) is 13.1. The molecule has 3 aromatic heterocycles. The minimum absolute atomic E-state index is 0.0582. The van der Waals surface area contributed by atoms with Crippen LogP contribution in [0.4, 0.5) is 0 Å². The molecule has 5 nitrogen and oxygen atoms in total. The van der Waals surface area contributed by atoms with Crippen molar-refractivity contribution in [3.8, 4) is 0 Å². The van der Waals surface area contributed by atoms with Crippen LogP contribution in [0.15, 0.2) is 52.5 Å². The van der Waals surface area contributed by atoms with Crippen LogP contribution in [0.3, 0.4) is 0 Å². The summed E-state index contributed by atoms with van der Waals surface area (Å²) in [7, 11) is 0. The summed E-state index contributed by atoms with van der Waals surface area (Å²) in [5.74, 6) is 0.740. The van der Waals surface area contributed by atoms with Crippen LogP contribution in [0.1, 0.15) is 38.0 Å². The fraction of sp³-hybridized carbons (Fsp3) is 0.300. The van der Waals surface area contributed by atoms with Gasteiger partial charge in [-0.05, 0) is 49.1 Å². The summed E-state index contributed by atoms with van der Waals surface area (Å²) in [6.45, 7) is 3.56. The van der Waals surface area contributed by atoms with Gasteiger partial charge in [-0.2, -0.15) is 0 Å². The van der Waals surface area contributed by atoms with Crippen molar-refractivity contribution < 1.29 is 14.0 Å². The van der Waals surface area contributed by atoms with Gasteiger partial charge in [0, 0.05) is 22.7 Å². The second-order valence-electron chi connectivity index (χ2n) is 6.18. The van der Waals surface area contributed by atoms with E-state index in [0.717, 1.165) is 10.6 Å². The molecule has 0 atom stereocenters. The van der Waals surface area contributed by atoms with Crippen LogP contribution in [0.2, 0.25) is 0 Å². The highest BCUT2D eigenvalue weighted by Crippen LogP contribution is 2.19. The van der Waals surface area contributed by atoms with E-state index in [1.54, 1.807) is 23.7 Å². The molecule has 27 heavy (non-hydrogen) atoms. The Bertz CT molecular complexity index is 854. The van der Waals surface area contributed by atoms with Gasteiger partial charge in [0.25, 0.3) is 5.91 Å². The summed E-state index contributed by atoms with van der Waals surface area (Å²) < 4.78 is 5.41. The van der Waals surface area contributed by atoms with Gasteiger partial charge >= 0.3 is 0 Å². The van der Waals surface area contributed by atoms with Gasteiger partial charge in [0.15, 0.2) is 0 Å². The molecule has 0 aromatic carbocycles. The monoisotopic (exact) mass is 402 g/mol. The van der Waals surface area contributed by atoms with Crippen molar-refractivity contribution in [2.24, 2.45) is 0 Å². The van der Waals surface area contributed by atoms with Crippen LogP contribution in [-0.4, -0.2) is 23.3 Å². The van der Waals surface area contributed by atoms with E-state index in [1.165, 1.54) is 16.2 Å². The minimum atomic E-state index is -0.0843. The second kappa shape index (κ2) is 9.53. The normalized spacial score (nSPS) is 10.7. The Hall–Kier alpha value is -2.38. The number of aryl methyl sites for hydroxylation is 1. The Kier molecular flexibility index (Phi) is 6.84. The number of carbonyl (C=O) groups excluding carboxylic acids is 2. The zero-order valence-electron chi connectivity index (χ0n) is 15.1. The minimum Gasteiger partial charge on any atom is -0.467 e. The lowest BCUT2D eigenvalue weighted by atomic mass is 10.2. The quantitative estimate of drug-likeness (QED) is 0.538. The predicted octanol–water partition coefficient (Wildman–Crippen LogP) is 4.45. The molecule has 7 heteroatoms. The van der Waals surface area contributed by atoms with Gasteiger partial charge in [0.1, 0.15) is 5.76 Å². The van der Waals surface area contributed by atoms with Gasteiger partial charge in [-0.1, -0.05) is 6.07 Å². The molecule has 142 valence electrons. The number of carbonyl (C=O) groups is 2.